The first-order valence-corrected chi connectivity index (χ1v) is 9.86. The minimum Gasteiger partial charge on any atom is -0.361 e. The van der Waals surface area contributed by atoms with E-state index < -0.39 is 0 Å². The number of rotatable bonds is 6. The summed E-state index contributed by atoms with van der Waals surface area (Å²) in [5.74, 6) is 0.796. The lowest BCUT2D eigenvalue weighted by atomic mass is 10.1. The summed E-state index contributed by atoms with van der Waals surface area (Å²) >= 11 is 1.72. The number of thiophene rings is 1. The molecule has 6 heteroatoms. The maximum absolute atomic E-state index is 12.8. The highest BCUT2D eigenvalue weighted by molar-refractivity contribution is 7.09. The number of carbonyl (C=O) groups excluding carboxylic acids is 1. The van der Waals surface area contributed by atoms with Gasteiger partial charge in [0.15, 0.2) is 0 Å². The smallest absolute Gasteiger partial charge is 0.256 e. The summed E-state index contributed by atoms with van der Waals surface area (Å²) in [6.07, 6.45) is 1.60. The van der Waals surface area contributed by atoms with Crippen molar-refractivity contribution in [3.8, 4) is 0 Å². The number of anilines is 1. The Morgan fingerprint density at radius 1 is 1.31 bits per heavy atom. The Morgan fingerprint density at radius 2 is 2.15 bits per heavy atom. The molecule has 0 spiro atoms. The SMILES string of the molecule is CCc1nn2c(c1C(=O)NCCc1cccs1)NC(c1ccccc1)C2. The molecule has 1 aliphatic heterocycles. The molecule has 2 N–H and O–H groups in total. The van der Waals surface area contributed by atoms with Gasteiger partial charge in [-0.3, -0.25) is 4.79 Å². The first kappa shape index (κ1) is 16.8. The highest BCUT2D eigenvalue weighted by Crippen LogP contribution is 2.33. The molecule has 0 radical (unpaired) electrons. The third kappa shape index (κ3) is 3.24. The van der Waals surface area contributed by atoms with E-state index in [2.05, 4.69) is 39.3 Å². The summed E-state index contributed by atoms with van der Waals surface area (Å²) in [4.78, 5) is 14.1. The fourth-order valence-electron chi connectivity index (χ4n) is 3.38. The molecule has 134 valence electrons. The summed E-state index contributed by atoms with van der Waals surface area (Å²) in [5.41, 5.74) is 2.75. The van der Waals surface area contributed by atoms with Crippen LogP contribution in [0.4, 0.5) is 5.82 Å². The molecule has 1 atom stereocenters. The van der Waals surface area contributed by atoms with E-state index in [1.807, 2.05) is 35.9 Å². The molecule has 0 fully saturated rings. The summed E-state index contributed by atoms with van der Waals surface area (Å²) in [6, 6.07) is 14.6. The Morgan fingerprint density at radius 3 is 2.88 bits per heavy atom. The Hall–Kier alpha value is -2.60. The molecule has 1 aliphatic rings. The fourth-order valence-corrected chi connectivity index (χ4v) is 4.09. The zero-order valence-electron chi connectivity index (χ0n) is 14.7. The van der Waals surface area contributed by atoms with Crippen LogP contribution < -0.4 is 10.6 Å². The first-order chi connectivity index (χ1) is 12.8. The molecule has 1 aromatic carbocycles. The molecule has 26 heavy (non-hydrogen) atoms. The molecule has 0 aliphatic carbocycles. The van der Waals surface area contributed by atoms with E-state index in [0.29, 0.717) is 12.1 Å². The van der Waals surface area contributed by atoms with Crippen LogP contribution in [-0.4, -0.2) is 22.2 Å². The van der Waals surface area contributed by atoms with Crippen LogP contribution in [-0.2, 0) is 19.4 Å². The number of nitrogens with zero attached hydrogens (tertiary/aromatic N) is 2. The second-order valence-electron chi connectivity index (χ2n) is 6.40. The van der Waals surface area contributed by atoms with Crippen molar-refractivity contribution in [2.24, 2.45) is 0 Å². The van der Waals surface area contributed by atoms with Crippen LogP contribution in [0.15, 0.2) is 47.8 Å². The van der Waals surface area contributed by atoms with Crippen LogP contribution in [0.2, 0.25) is 0 Å². The van der Waals surface area contributed by atoms with Crippen LogP contribution in [0.25, 0.3) is 0 Å². The molecule has 2 aromatic heterocycles. The molecular weight excluding hydrogens is 344 g/mol. The fraction of sp³-hybridized carbons (Fsp3) is 0.300. The molecule has 1 unspecified atom stereocenters. The minimum atomic E-state index is -0.0409. The Labute approximate surface area is 157 Å². The number of nitrogens with one attached hydrogen (secondary N) is 2. The number of amides is 1. The quantitative estimate of drug-likeness (QED) is 0.700. The van der Waals surface area contributed by atoms with Gasteiger partial charge in [-0.15, -0.1) is 11.3 Å². The van der Waals surface area contributed by atoms with Gasteiger partial charge in [-0.25, -0.2) is 4.68 Å². The summed E-state index contributed by atoms with van der Waals surface area (Å²) in [5, 5.41) is 13.3. The predicted molar refractivity (Wildman–Crippen MR) is 105 cm³/mol. The van der Waals surface area contributed by atoms with Gasteiger partial charge in [0.1, 0.15) is 11.4 Å². The lowest BCUT2D eigenvalue weighted by Gasteiger charge is -2.12. The van der Waals surface area contributed by atoms with Crippen molar-refractivity contribution in [2.75, 3.05) is 11.9 Å². The van der Waals surface area contributed by atoms with E-state index >= 15 is 0 Å². The third-order valence-electron chi connectivity index (χ3n) is 4.69. The lowest BCUT2D eigenvalue weighted by Crippen LogP contribution is -2.27. The second-order valence-corrected chi connectivity index (χ2v) is 7.43. The minimum absolute atomic E-state index is 0.0409. The second kappa shape index (κ2) is 7.33. The summed E-state index contributed by atoms with van der Waals surface area (Å²) in [6.45, 7) is 3.42. The summed E-state index contributed by atoms with van der Waals surface area (Å²) < 4.78 is 1.94. The molecular formula is C20H22N4OS. The van der Waals surface area contributed by atoms with E-state index in [1.54, 1.807) is 11.3 Å². The molecule has 0 saturated carbocycles. The molecule has 3 heterocycles. The van der Waals surface area contributed by atoms with Gasteiger partial charge in [0.05, 0.1) is 18.3 Å². The highest BCUT2D eigenvalue weighted by Gasteiger charge is 2.30. The van der Waals surface area contributed by atoms with Crippen molar-refractivity contribution < 1.29 is 4.79 Å². The van der Waals surface area contributed by atoms with Crippen LogP contribution in [0.1, 0.15) is 39.5 Å². The zero-order chi connectivity index (χ0) is 17.9. The Kier molecular flexibility index (Phi) is 4.75. The van der Waals surface area contributed by atoms with Gasteiger partial charge in [-0.1, -0.05) is 43.3 Å². The maximum atomic E-state index is 12.8. The monoisotopic (exact) mass is 366 g/mol. The van der Waals surface area contributed by atoms with Crippen LogP contribution in [0.3, 0.4) is 0 Å². The van der Waals surface area contributed by atoms with E-state index in [4.69, 9.17) is 0 Å². The van der Waals surface area contributed by atoms with Gasteiger partial charge in [0.25, 0.3) is 5.91 Å². The number of aromatic nitrogens is 2. The van der Waals surface area contributed by atoms with Crippen molar-refractivity contribution in [3.05, 3.63) is 69.5 Å². The maximum Gasteiger partial charge on any atom is 0.256 e. The van der Waals surface area contributed by atoms with E-state index in [1.165, 1.54) is 10.4 Å². The van der Waals surface area contributed by atoms with Crippen molar-refractivity contribution in [2.45, 2.75) is 32.4 Å². The van der Waals surface area contributed by atoms with Gasteiger partial charge in [-0.2, -0.15) is 5.10 Å². The first-order valence-electron chi connectivity index (χ1n) is 8.98. The zero-order valence-corrected chi connectivity index (χ0v) is 15.6. The number of fused-ring (bicyclic) bond motifs is 1. The number of hydrogen-bond donors (Lipinski definition) is 2. The van der Waals surface area contributed by atoms with Crippen LogP contribution in [0.5, 0.6) is 0 Å². The normalized spacial score (nSPS) is 15.5. The number of benzene rings is 1. The Bertz CT molecular complexity index is 886. The summed E-state index contributed by atoms with van der Waals surface area (Å²) in [7, 11) is 0. The largest absolute Gasteiger partial charge is 0.361 e. The molecule has 4 rings (SSSR count). The molecule has 1 amide bonds. The average Bonchev–Trinajstić information content (AvgIpc) is 3.37. The molecule has 3 aromatic rings. The Balaban J connectivity index is 1.49. The van der Waals surface area contributed by atoms with Gasteiger partial charge in [-0.05, 0) is 29.9 Å². The van der Waals surface area contributed by atoms with Crippen molar-refractivity contribution in [1.29, 1.82) is 0 Å². The van der Waals surface area contributed by atoms with E-state index in [9.17, 15) is 4.79 Å². The molecule has 0 saturated heterocycles. The van der Waals surface area contributed by atoms with Gasteiger partial charge in [0.2, 0.25) is 0 Å². The molecule has 0 bridgehead atoms. The van der Waals surface area contributed by atoms with Gasteiger partial charge in [0, 0.05) is 11.4 Å². The third-order valence-corrected chi connectivity index (χ3v) is 5.63. The standard InChI is InChI=1S/C20H22N4OS/c1-2-16-18(20(25)21-11-10-15-9-6-12-26-15)19-22-17(13-24(19)23-16)14-7-4-3-5-8-14/h3-9,12,17,22H,2,10-11,13H2,1H3,(H,21,25). The molecule has 5 nitrogen and oxygen atoms in total. The van der Waals surface area contributed by atoms with E-state index in [0.717, 1.165) is 30.9 Å². The van der Waals surface area contributed by atoms with Crippen molar-refractivity contribution in [3.63, 3.8) is 0 Å². The lowest BCUT2D eigenvalue weighted by molar-refractivity contribution is 0.0954. The average molecular weight is 366 g/mol. The van der Waals surface area contributed by atoms with Gasteiger partial charge < -0.3 is 10.6 Å². The number of hydrogen-bond acceptors (Lipinski definition) is 4. The number of aryl methyl sites for hydroxylation is 1. The van der Waals surface area contributed by atoms with Crippen molar-refractivity contribution >= 4 is 23.1 Å². The highest BCUT2D eigenvalue weighted by atomic mass is 32.1. The topological polar surface area (TPSA) is 59.0 Å². The van der Waals surface area contributed by atoms with Crippen molar-refractivity contribution in [1.82, 2.24) is 15.1 Å². The number of carbonyl (C=O) groups is 1. The van der Waals surface area contributed by atoms with Gasteiger partial charge >= 0.3 is 0 Å². The predicted octanol–water partition coefficient (Wildman–Crippen LogP) is 3.65. The van der Waals surface area contributed by atoms with E-state index in [-0.39, 0.29) is 11.9 Å². The van der Waals surface area contributed by atoms with Crippen LogP contribution in [0, 0.1) is 0 Å². The van der Waals surface area contributed by atoms with Crippen LogP contribution >= 0.6 is 11.3 Å².